The average molecular weight is 362 g/mol. The van der Waals surface area contributed by atoms with Gasteiger partial charge in [0.15, 0.2) is 5.82 Å². The molecule has 1 saturated heterocycles. The van der Waals surface area contributed by atoms with Crippen LogP contribution in [-0.4, -0.2) is 35.9 Å². The Bertz CT molecular complexity index is 620. The van der Waals surface area contributed by atoms with Crippen LogP contribution < -0.4 is 10.6 Å². The van der Waals surface area contributed by atoms with Gasteiger partial charge in [-0.15, -0.1) is 0 Å². The number of carbonyl (C=O) groups is 1. The molecule has 2 heterocycles. The van der Waals surface area contributed by atoms with E-state index in [0.29, 0.717) is 31.5 Å². The maximum absolute atomic E-state index is 12.4. The molecule has 2 N–H and O–H groups in total. The number of allylic oxidation sites excluding steroid dienone is 1. The van der Waals surface area contributed by atoms with Crippen molar-refractivity contribution in [2.75, 3.05) is 19.8 Å². The molecule has 2 amide bonds. The van der Waals surface area contributed by atoms with Gasteiger partial charge in [-0.25, -0.2) is 4.79 Å². The second kappa shape index (κ2) is 9.16. The number of urea groups is 1. The highest BCUT2D eigenvalue weighted by Crippen LogP contribution is 2.30. The molecule has 1 atom stereocenters. The Kier molecular flexibility index (Phi) is 6.66. The van der Waals surface area contributed by atoms with Gasteiger partial charge in [0.25, 0.3) is 0 Å². The van der Waals surface area contributed by atoms with Gasteiger partial charge in [0.1, 0.15) is 6.04 Å². The predicted molar refractivity (Wildman–Crippen MR) is 97.8 cm³/mol. The molecule has 1 aromatic rings. The third-order valence-corrected chi connectivity index (χ3v) is 5.13. The summed E-state index contributed by atoms with van der Waals surface area (Å²) in [6, 6.07) is -0.450. The van der Waals surface area contributed by atoms with Crippen molar-refractivity contribution in [1.82, 2.24) is 20.8 Å². The van der Waals surface area contributed by atoms with Crippen molar-refractivity contribution in [1.29, 1.82) is 0 Å². The fraction of sp³-hybridized carbons (Fsp3) is 0.737. The number of aromatic nitrogens is 2. The van der Waals surface area contributed by atoms with Crippen molar-refractivity contribution in [3.05, 3.63) is 23.4 Å². The molecule has 1 aliphatic carbocycles. The minimum atomic E-state index is -0.274. The van der Waals surface area contributed by atoms with E-state index in [-0.39, 0.29) is 23.9 Å². The Balaban J connectivity index is 1.59. The van der Waals surface area contributed by atoms with Crippen molar-refractivity contribution >= 4 is 6.03 Å². The number of carbonyl (C=O) groups excluding carboxylic acids is 1. The lowest BCUT2D eigenvalue weighted by atomic mass is 9.91. The second-order valence-electron chi connectivity index (χ2n) is 7.48. The number of hydrogen-bond acceptors (Lipinski definition) is 5. The summed E-state index contributed by atoms with van der Waals surface area (Å²) >= 11 is 0. The van der Waals surface area contributed by atoms with Gasteiger partial charge >= 0.3 is 6.03 Å². The molecular formula is C19H30N4O3. The van der Waals surface area contributed by atoms with Crippen LogP contribution in [0.5, 0.6) is 0 Å². The van der Waals surface area contributed by atoms with Gasteiger partial charge in [0.2, 0.25) is 5.89 Å². The second-order valence-corrected chi connectivity index (χ2v) is 7.48. The highest BCUT2D eigenvalue weighted by molar-refractivity contribution is 5.74. The van der Waals surface area contributed by atoms with E-state index in [4.69, 9.17) is 9.26 Å². The van der Waals surface area contributed by atoms with Crippen molar-refractivity contribution in [3.63, 3.8) is 0 Å². The number of rotatable bonds is 7. The van der Waals surface area contributed by atoms with Gasteiger partial charge < -0.3 is 19.9 Å². The molecule has 26 heavy (non-hydrogen) atoms. The first-order valence-electron chi connectivity index (χ1n) is 9.77. The Labute approximate surface area is 154 Å². The Hall–Kier alpha value is -1.89. The van der Waals surface area contributed by atoms with E-state index in [2.05, 4.69) is 26.9 Å². The fourth-order valence-electron chi connectivity index (χ4n) is 3.53. The molecule has 144 valence electrons. The predicted octanol–water partition coefficient (Wildman–Crippen LogP) is 3.46. The SMILES string of the molecule is CC(C)c1noc([C@H](NC(=O)NCCC2=CCCC2)C2CCOCC2)n1. The molecule has 0 unspecified atom stereocenters. The van der Waals surface area contributed by atoms with Crippen LogP contribution in [0.4, 0.5) is 4.79 Å². The number of ether oxygens (including phenoxy) is 1. The molecule has 7 nitrogen and oxygen atoms in total. The third-order valence-electron chi connectivity index (χ3n) is 5.13. The van der Waals surface area contributed by atoms with Crippen molar-refractivity contribution < 1.29 is 14.1 Å². The van der Waals surface area contributed by atoms with E-state index in [1.807, 2.05) is 13.8 Å². The molecule has 0 saturated carbocycles. The first-order valence-corrected chi connectivity index (χ1v) is 9.77. The van der Waals surface area contributed by atoms with Gasteiger partial charge in [-0.2, -0.15) is 4.98 Å². The topological polar surface area (TPSA) is 89.3 Å². The van der Waals surface area contributed by atoms with Crippen LogP contribution in [0, 0.1) is 5.92 Å². The Morgan fingerprint density at radius 3 is 2.81 bits per heavy atom. The number of amides is 2. The maximum Gasteiger partial charge on any atom is 0.315 e. The quantitative estimate of drug-likeness (QED) is 0.725. The van der Waals surface area contributed by atoms with Crippen LogP contribution in [0.2, 0.25) is 0 Å². The normalized spacial score (nSPS) is 19.4. The smallest absolute Gasteiger partial charge is 0.315 e. The van der Waals surface area contributed by atoms with Gasteiger partial charge in [0, 0.05) is 25.7 Å². The van der Waals surface area contributed by atoms with E-state index in [9.17, 15) is 4.79 Å². The molecule has 2 aliphatic rings. The summed E-state index contributed by atoms with van der Waals surface area (Å²) < 4.78 is 10.9. The zero-order valence-corrected chi connectivity index (χ0v) is 15.8. The summed E-state index contributed by atoms with van der Waals surface area (Å²) in [7, 11) is 0. The van der Waals surface area contributed by atoms with E-state index in [0.717, 1.165) is 25.7 Å². The molecule has 0 radical (unpaired) electrons. The van der Waals surface area contributed by atoms with Crippen molar-refractivity contribution in [2.24, 2.45) is 5.92 Å². The lowest BCUT2D eigenvalue weighted by Crippen LogP contribution is -2.42. The standard InChI is InChI=1S/C19H30N4O3/c1-13(2)17-22-18(26-23-17)16(15-8-11-25-12-9-15)21-19(24)20-10-7-14-5-3-4-6-14/h5,13,15-16H,3-4,6-12H2,1-2H3,(H2,20,21,24)/t16-/m1/s1. The minimum Gasteiger partial charge on any atom is -0.381 e. The summed E-state index contributed by atoms with van der Waals surface area (Å²) in [5.41, 5.74) is 1.45. The summed E-state index contributed by atoms with van der Waals surface area (Å²) in [6.45, 7) is 6.10. The molecule has 1 aliphatic heterocycles. The van der Waals surface area contributed by atoms with Gasteiger partial charge in [-0.3, -0.25) is 0 Å². The summed E-state index contributed by atoms with van der Waals surface area (Å²) in [4.78, 5) is 16.9. The summed E-state index contributed by atoms with van der Waals surface area (Å²) in [5, 5.41) is 10.1. The molecule has 3 rings (SSSR count). The molecule has 0 spiro atoms. The first kappa shape index (κ1) is 18.9. The molecular weight excluding hydrogens is 332 g/mol. The van der Waals surface area contributed by atoms with E-state index >= 15 is 0 Å². The average Bonchev–Trinajstić information content (AvgIpc) is 3.32. The molecule has 0 bridgehead atoms. The van der Waals surface area contributed by atoms with Crippen molar-refractivity contribution in [2.45, 2.75) is 64.3 Å². The van der Waals surface area contributed by atoms with E-state index in [1.165, 1.54) is 18.4 Å². The van der Waals surface area contributed by atoms with Crippen LogP contribution in [-0.2, 0) is 4.74 Å². The highest BCUT2D eigenvalue weighted by Gasteiger charge is 2.31. The van der Waals surface area contributed by atoms with E-state index < -0.39 is 0 Å². The van der Waals surface area contributed by atoms with Crippen LogP contribution in [0.3, 0.4) is 0 Å². The Morgan fingerprint density at radius 1 is 1.35 bits per heavy atom. The largest absolute Gasteiger partial charge is 0.381 e. The number of hydrogen-bond donors (Lipinski definition) is 2. The van der Waals surface area contributed by atoms with Crippen molar-refractivity contribution in [3.8, 4) is 0 Å². The van der Waals surface area contributed by atoms with Gasteiger partial charge in [-0.1, -0.05) is 30.7 Å². The molecule has 0 aromatic carbocycles. The first-order chi connectivity index (χ1) is 12.6. The lowest BCUT2D eigenvalue weighted by Gasteiger charge is -2.28. The molecule has 1 fully saturated rings. The van der Waals surface area contributed by atoms with Crippen LogP contribution in [0.1, 0.15) is 76.0 Å². The molecule has 1 aromatic heterocycles. The summed E-state index contributed by atoms with van der Waals surface area (Å²) in [6.07, 6.45) is 8.53. The molecule has 7 heteroatoms. The van der Waals surface area contributed by atoms with E-state index in [1.54, 1.807) is 0 Å². The number of nitrogens with one attached hydrogen (secondary N) is 2. The lowest BCUT2D eigenvalue weighted by molar-refractivity contribution is 0.0503. The van der Waals surface area contributed by atoms with Crippen LogP contribution in [0.15, 0.2) is 16.2 Å². The van der Waals surface area contributed by atoms with Gasteiger partial charge in [-0.05, 0) is 44.4 Å². The van der Waals surface area contributed by atoms with Crippen LogP contribution >= 0.6 is 0 Å². The zero-order valence-electron chi connectivity index (χ0n) is 15.8. The maximum atomic E-state index is 12.4. The Morgan fingerprint density at radius 2 is 2.15 bits per heavy atom. The zero-order chi connectivity index (χ0) is 18.4. The third kappa shape index (κ3) is 5.06. The monoisotopic (exact) mass is 362 g/mol. The summed E-state index contributed by atoms with van der Waals surface area (Å²) in [5.74, 6) is 1.60. The fourth-order valence-corrected chi connectivity index (χ4v) is 3.53. The highest BCUT2D eigenvalue weighted by atomic mass is 16.5. The van der Waals surface area contributed by atoms with Crippen LogP contribution in [0.25, 0.3) is 0 Å². The minimum absolute atomic E-state index is 0.176. The number of nitrogens with zero attached hydrogens (tertiary/aromatic N) is 2. The van der Waals surface area contributed by atoms with Gasteiger partial charge in [0.05, 0.1) is 0 Å².